The Hall–Kier alpha value is -1.80. The summed E-state index contributed by atoms with van der Waals surface area (Å²) in [6, 6.07) is 0. The van der Waals surface area contributed by atoms with E-state index in [0.717, 1.165) is 5.01 Å². The molecule has 8 heteroatoms. The first kappa shape index (κ1) is 11.7. The van der Waals surface area contributed by atoms with Gasteiger partial charge in [-0.15, -0.1) is 11.3 Å². The summed E-state index contributed by atoms with van der Waals surface area (Å²) >= 11 is 1.41. The summed E-state index contributed by atoms with van der Waals surface area (Å²) in [6.45, 7) is 2.69. The van der Waals surface area contributed by atoms with Crippen LogP contribution in [0.5, 0.6) is 0 Å². The topological polar surface area (TPSA) is 107 Å². The number of rotatable bonds is 4. The highest BCUT2D eigenvalue weighted by molar-refractivity contribution is 7.09. The number of hydrogen-bond donors (Lipinski definition) is 2. The third-order valence-corrected chi connectivity index (χ3v) is 2.78. The Morgan fingerprint density at radius 3 is 3.06 bits per heavy atom. The molecule has 0 aliphatic carbocycles. The molecule has 90 valence electrons. The standard InChI is InChI=1S/C9H11N5O2S/c1-2-11-8(15)7-13-9(16-14-7)5-4-17-6(3-10)12-5/h4H,2-3,10H2,1H3,(H,11,15). The number of nitrogens with one attached hydrogen (secondary N) is 1. The molecule has 0 saturated heterocycles. The summed E-state index contributed by atoms with van der Waals surface area (Å²) in [4.78, 5) is 19.6. The maximum absolute atomic E-state index is 11.4. The van der Waals surface area contributed by atoms with Gasteiger partial charge in [-0.25, -0.2) is 4.98 Å². The third kappa shape index (κ3) is 2.48. The number of aromatic nitrogens is 3. The molecule has 0 aliphatic heterocycles. The molecule has 0 fully saturated rings. The minimum Gasteiger partial charge on any atom is -0.349 e. The van der Waals surface area contributed by atoms with Crippen molar-refractivity contribution < 1.29 is 9.32 Å². The van der Waals surface area contributed by atoms with E-state index in [1.54, 1.807) is 5.38 Å². The van der Waals surface area contributed by atoms with Gasteiger partial charge in [-0.3, -0.25) is 4.79 Å². The molecule has 0 spiro atoms. The molecule has 0 aromatic carbocycles. The Labute approximate surface area is 101 Å². The molecule has 0 radical (unpaired) electrons. The van der Waals surface area contributed by atoms with Crippen molar-refractivity contribution >= 4 is 17.2 Å². The van der Waals surface area contributed by atoms with Crippen LogP contribution in [0.3, 0.4) is 0 Å². The maximum Gasteiger partial charge on any atom is 0.292 e. The summed E-state index contributed by atoms with van der Waals surface area (Å²) in [5.41, 5.74) is 5.99. The molecule has 0 atom stereocenters. The second kappa shape index (κ2) is 5.02. The molecule has 2 rings (SSSR count). The van der Waals surface area contributed by atoms with E-state index < -0.39 is 0 Å². The first-order valence-electron chi connectivity index (χ1n) is 5.01. The van der Waals surface area contributed by atoms with E-state index in [0.29, 0.717) is 18.8 Å². The van der Waals surface area contributed by atoms with Gasteiger partial charge in [0.25, 0.3) is 17.6 Å². The van der Waals surface area contributed by atoms with Crippen LogP contribution in [0.1, 0.15) is 22.6 Å². The number of amides is 1. The molecule has 2 aromatic heterocycles. The van der Waals surface area contributed by atoms with Crippen molar-refractivity contribution in [2.45, 2.75) is 13.5 Å². The summed E-state index contributed by atoms with van der Waals surface area (Å²) in [7, 11) is 0. The van der Waals surface area contributed by atoms with E-state index in [9.17, 15) is 4.79 Å². The predicted molar refractivity (Wildman–Crippen MR) is 61.3 cm³/mol. The average molecular weight is 253 g/mol. The zero-order valence-corrected chi connectivity index (χ0v) is 9.95. The van der Waals surface area contributed by atoms with Crippen LogP contribution in [0.4, 0.5) is 0 Å². The first-order chi connectivity index (χ1) is 8.24. The van der Waals surface area contributed by atoms with Crippen LogP contribution in [0.25, 0.3) is 11.6 Å². The lowest BCUT2D eigenvalue weighted by Crippen LogP contribution is -2.23. The molecule has 0 aliphatic rings. The van der Waals surface area contributed by atoms with Gasteiger partial charge in [-0.1, -0.05) is 5.16 Å². The van der Waals surface area contributed by atoms with Crippen molar-refractivity contribution in [3.05, 3.63) is 16.2 Å². The van der Waals surface area contributed by atoms with Gasteiger partial charge in [0.15, 0.2) is 0 Å². The van der Waals surface area contributed by atoms with Gasteiger partial charge < -0.3 is 15.6 Å². The normalized spacial score (nSPS) is 10.5. The monoisotopic (exact) mass is 253 g/mol. The zero-order valence-electron chi connectivity index (χ0n) is 9.14. The van der Waals surface area contributed by atoms with E-state index in [4.69, 9.17) is 10.3 Å². The van der Waals surface area contributed by atoms with Crippen LogP contribution in [0.2, 0.25) is 0 Å². The van der Waals surface area contributed by atoms with Crippen molar-refractivity contribution in [1.29, 1.82) is 0 Å². The number of nitrogens with two attached hydrogens (primary N) is 1. The van der Waals surface area contributed by atoms with Gasteiger partial charge in [-0.05, 0) is 6.92 Å². The molecule has 3 N–H and O–H groups in total. The lowest BCUT2D eigenvalue weighted by Gasteiger charge is -1.93. The molecule has 0 saturated carbocycles. The smallest absolute Gasteiger partial charge is 0.292 e. The van der Waals surface area contributed by atoms with Gasteiger partial charge in [0, 0.05) is 18.5 Å². The van der Waals surface area contributed by atoms with Crippen LogP contribution in [-0.4, -0.2) is 27.6 Å². The van der Waals surface area contributed by atoms with E-state index in [1.165, 1.54) is 11.3 Å². The second-order valence-electron chi connectivity index (χ2n) is 3.11. The predicted octanol–water partition coefficient (Wildman–Crippen LogP) is 0.402. The van der Waals surface area contributed by atoms with Gasteiger partial charge in [0.1, 0.15) is 10.7 Å². The van der Waals surface area contributed by atoms with Crippen molar-refractivity contribution in [2.75, 3.05) is 6.54 Å². The van der Waals surface area contributed by atoms with Crippen LogP contribution in [0.15, 0.2) is 9.90 Å². The van der Waals surface area contributed by atoms with E-state index in [-0.39, 0.29) is 17.6 Å². The summed E-state index contributed by atoms with van der Waals surface area (Å²) in [5, 5.41) is 8.70. The number of nitrogens with zero attached hydrogens (tertiary/aromatic N) is 3. The van der Waals surface area contributed by atoms with Crippen molar-refractivity contribution in [3.8, 4) is 11.6 Å². The highest BCUT2D eigenvalue weighted by atomic mass is 32.1. The Kier molecular flexibility index (Phi) is 3.45. The number of carbonyl (C=O) groups is 1. The molecule has 7 nitrogen and oxygen atoms in total. The molecule has 0 bridgehead atoms. The SMILES string of the molecule is CCNC(=O)c1noc(-c2csc(CN)n2)n1. The Balaban J connectivity index is 2.20. The molecule has 2 heterocycles. The van der Waals surface area contributed by atoms with Gasteiger partial charge in [0.05, 0.1) is 0 Å². The second-order valence-corrected chi connectivity index (χ2v) is 4.06. The summed E-state index contributed by atoms with van der Waals surface area (Å²) < 4.78 is 4.96. The Morgan fingerprint density at radius 2 is 2.41 bits per heavy atom. The van der Waals surface area contributed by atoms with Crippen LogP contribution in [0, 0.1) is 0 Å². The minimum atomic E-state index is -0.364. The molecule has 1 amide bonds. The van der Waals surface area contributed by atoms with Crippen LogP contribution >= 0.6 is 11.3 Å². The van der Waals surface area contributed by atoms with E-state index in [1.807, 2.05) is 6.92 Å². The molecular formula is C9H11N5O2S. The Morgan fingerprint density at radius 1 is 1.59 bits per heavy atom. The maximum atomic E-state index is 11.4. The minimum absolute atomic E-state index is 0.00384. The van der Waals surface area contributed by atoms with Gasteiger partial charge >= 0.3 is 0 Å². The number of carbonyl (C=O) groups excluding carboxylic acids is 1. The van der Waals surface area contributed by atoms with Crippen LogP contribution < -0.4 is 11.1 Å². The quantitative estimate of drug-likeness (QED) is 0.816. The fourth-order valence-electron chi connectivity index (χ4n) is 1.16. The van der Waals surface area contributed by atoms with Crippen molar-refractivity contribution in [1.82, 2.24) is 20.4 Å². The third-order valence-electron chi connectivity index (χ3n) is 1.91. The van der Waals surface area contributed by atoms with Crippen LogP contribution in [-0.2, 0) is 6.54 Å². The van der Waals surface area contributed by atoms with Gasteiger partial charge in [0.2, 0.25) is 0 Å². The van der Waals surface area contributed by atoms with E-state index in [2.05, 4.69) is 20.4 Å². The fourth-order valence-corrected chi connectivity index (χ4v) is 1.81. The fraction of sp³-hybridized carbons (Fsp3) is 0.333. The lowest BCUT2D eigenvalue weighted by atomic mass is 10.5. The van der Waals surface area contributed by atoms with Gasteiger partial charge in [-0.2, -0.15) is 4.98 Å². The highest BCUT2D eigenvalue weighted by Crippen LogP contribution is 2.19. The summed E-state index contributed by atoms with van der Waals surface area (Å²) in [5.74, 6) is -0.136. The number of hydrogen-bond acceptors (Lipinski definition) is 7. The summed E-state index contributed by atoms with van der Waals surface area (Å²) in [6.07, 6.45) is 0. The van der Waals surface area contributed by atoms with Crippen molar-refractivity contribution in [2.24, 2.45) is 5.73 Å². The lowest BCUT2D eigenvalue weighted by molar-refractivity contribution is 0.0942. The highest BCUT2D eigenvalue weighted by Gasteiger charge is 2.16. The molecule has 2 aromatic rings. The molecule has 0 unspecified atom stereocenters. The average Bonchev–Trinajstić information content (AvgIpc) is 2.98. The molecule has 17 heavy (non-hydrogen) atoms. The van der Waals surface area contributed by atoms with E-state index >= 15 is 0 Å². The van der Waals surface area contributed by atoms with Crippen molar-refractivity contribution in [3.63, 3.8) is 0 Å². The molecular weight excluding hydrogens is 242 g/mol. The Bertz CT molecular complexity index is 521. The zero-order chi connectivity index (χ0) is 12.3. The first-order valence-corrected chi connectivity index (χ1v) is 5.89. The largest absolute Gasteiger partial charge is 0.349 e. The number of thiazole rings is 1.